The van der Waals surface area contributed by atoms with Crippen LogP contribution in [0.25, 0.3) is 0 Å². The van der Waals surface area contributed by atoms with Crippen LogP contribution in [0.2, 0.25) is 0 Å². The molecule has 146 valence electrons. The lowest BCUT2D eigenvalue weighted by atomic mass is 10.1. The van der Waals surface area contributed by atoms with Crippen LogP contribution in [0.5, 0.6) is 17.2 Å². The van der Waals surface area contributed by atoms with Crippen molar-refractivity contribution in [2.45, 2.75) is 26.4 Å². The van der Waals surface area contributed by atoms with Crippen LogP contribution in [0, 0.1) is 0 Å². The van der Waals surface area contributed by atoms with E-state index in [0.29, 0.717) is 6.54 Å². The van der Waals surface area contributed by atoms with E-state index in [1.54, 1.807) is 19.2 Å². The predicted molar refractivity (Wildman–Crippen MR) is 109 cm³/mol. The van der Waals surface area contributed by atoms with Gasteiger partial charge in [0.25, 0.3) is 0 Å². The normalized spacial score (nSPS) is 12.3. The van der Waals surface area contributed by atoms with Gasteiger partial charge in [0.05, 0.1) is 13.7 Å². The third kappa shape index (κ3) is 7.48. The van der Waals surface area contributed by atoms with Gasteiger partial charge >= 0.3 is 0 Å². The molecule has 0 aliphatic heterocycles. The van der Waals surface area contributed by atoms with Gasteiger partial charge in [0.1, 0.15) is 23.4 Å². The highest BCUT2D eigenvalue weighted by atomic mass is 16.5. The Hall–Kier alpha value is -2.89. The first-order valence-corrected chi connectivity index (χ1v) is 9.21. The van der Waals surface area contributed by atoms with E-state index in [-0.39, 0.29) is 11.9 Å². The van der Waals surface area contributed by atoms with Gasteiger partial charge in [0.2, 0.25) is 0 Å². The van der Waals surface area contributed by atoms with Crippen molar-refractivity contribution in [1.29, 1.82) is 0 Å². The fourth-order valence-electron chi connectivity index (χ4n) is 2.54. The maximum atomic E-state index is 9.53. The van der Waals surface area contributed by atoms with Crippen LogP contribution < -0.4 is 20.1 Å². The summed E-state index contributed by atoms with van der Waals surface area (Å²) in [5.41, 5.74) is 1.08. The highest BCUT2D eigenvalue weighted by Crippen LogP contribution is 2.19. The highest BCUT2D eigenvalue weighted by molar-refractivity contribution is 5.79. The molecule has 2 aromatic carbocycles. The summed E-state index contributed by atoms with van der Waals surface area (Å²) in [6.45, 7) is 6.05. The maximum absolute atomic E-state index is 9.53. The first kappa shape index (κ1) is 20.4. The summed E-state index contributed by atoms with van der Waals surface area (Å²) in [6.07, 6.45) is 0.730. The molecule has 0 aliphatic rings. The minimum absolute atomic E-state index is 0.0707. The number of phenols is 1. The Morgan fingerprint density at radius 2 is 1.89 bits per heavy atom. The fourth-order valence-corrected chi connectivity index (χ4v) is 2.54. The maximum Gasteiger partial charge on any atom is 0.191 e. The minimum atomic E-state index is -0.0707. The third-order valence-corrected chi connectivity index (χ3v) is 3.85. The second kappa shape index (κ2) is 11.0. The lowest BCUT2D eigenvalue weighted by molar-refractivity contribution is 0.229. The highest BCUT2D eigenvalue weighted by Gasteiger charge is 2.06. The van der Waals surface area contributed by atoms with Gasteiger partial charge in [-0.15, -0.1) is 0 Å². The Bertz CT molecular complexity index is 734. The molecule has 2 rings (SSSR count). The van der Waals surface area contributed by atoms with Crippen LogP contribution in [-0.2, 0) is 6.42 Å². The van der Waals surface area contributed by atoms with E-state index in [2.05, 4.69) is 15.6 Å². The molecule has 6 heteroatoms. The molecule has 0 bridgehead atoms. The fraction of sp³-hybridized carbons (Fsp3) is 0.381. The van der Waals surface area contributed by atoms with Crippen LogP contribution in [0.3, 0.4) is 0 Å². The first-order chi connectivity index (χ1) is 13.1. The molecule has 3 N–H and O–H groups in total. The Kier molecular flexibility index (Phi) is 8.29. The molecule has 0 amide bonds. The molecular weight excluding hydrogens is 342 g/mol. The van der Waals surface area contributed by atoms with Crippen molar-refractivity contribution in [3.8, 4) is 17.2 Å². The summed E-state index contributed by atoms with van der Waals surface area (Å²) < 4.78 is 11.1. The number of hydrogen-bond acceptors (Lipinski definition) is 4. The van der Waals surface area contributed by atoms with E-state index in [4.69, 9.17) is 9.47 Å². The smallest absolute Gasteiger partial charge is 0.191 e. The van der Waals surface area contributed by atoms with Gasteiger partial charge in [-0.25, -0.2) is 4.99 Å². The van der Waals surface area contributed by atoms with Crippen molar-refractivity contribution >= 4 is 5.96 Å². The average Bonchev–Trinajstić information content (AvgIpc) is 2.66. The van der Waals surface area contributed by atoms with E-state index in [1.807, 2.05) is 50.2 Å². The lowest BCUT2D eigenvalue weighted by Crippen LogP contribution is -2.39. The van der Waals surface area contributed by atoms with Crippen LogP contribution in [0.15, 0.2) is 53.5 Å². The Balaban J connectivity index is 1.84. The summed E-state index contributed by atoms with van der Waals surface area (Å²) in [4.78, 5) is 4.59. The Labute approximate surface area is 161 Å². The third-order valence-electron chi connectivity index (χ3n) is 3.85. The summed E-state index contributed by atoms with van der Waals surface area (Å²) in [7, 11) is 1.64. The second-order valence-corrected chi connectivity index (χ2v) is 6.17. The van der Waals surface area contributed by atoms with E-state index >= 15 is 0 Å². The van der Waals surface area contributed by atoms with Crippen LogP contribution in [-0.4, -0.2) is 43.9 Å². The monoisotopic (exact) mass is 371 g/mol. The van der Waals surface area contributed by atoms with Crippen molar-refractivity contribution in [3.05, 3.63) is 54.1 Å². The number of ether oxygens (including phenoxy) is 2. The summed E-state index contributed by atoms with van der Waals surface area (Å²) in [5, 5.41) is 16.1. The molecule has 1 unspecified atom stereocenters. The number of guanidine groups is 1. The molecule has 0 spiro atoms. The summed E-state index contributed by atoms with van der Waals surface area (Å²) in [6, 6.07) is 14.8. The number of methoxy groups -OCH3 is 1. The van der Waals surface area contributed by atoms with E-state index in [0.717, 1.165) is 42.5 Å². The van der Waals surface area contributed by atoms with E-state index in [1.165, 1.54) is 0 Å². The first-order valence-electron chi connectivity index (χ1n) is 9.21. The van der Waals surface area contributed by atoms with Crippen LogP contribution >= 0.6 is 0 Å². The zero-order valence-electron chi connectivity index (χ0n) is 16.2. The number of nitrogens with zero attached hydrogens (tertiary/aromatic N) is 1. The van der Waals surface area contributed by atoms with E-state index in [9.17, 15) is 5.11 Å². The van der Waals surface area contributed by atoms with Gasteiger partial charge < -0.3 is 25.2 Å². The number of hydrogen-bond donors (Lipinski definition) is 3. The molecule has 0 radical (unpaired) electrons. The zero-order chi connectivity index (χ0) is 19.5. The summed E-state index contributed by atoms with van der Waals surface area (Å²) in [5.74, 6) is 2.57. The Morgan fingerprint density at radius 3 is 2.63 bits per heavy atom. The van der Waals surface area contributed by atoms with Crippen molar-refractivity contribution in [1.82, 2.24) is 10.6 Å². The lowest BCUT2D eigenvalue weighted by Gasteiger charge is -2.15. The Morgan fingerprint density at radius 1 is 1.11 bits per heavy atom. The zero-order valence-corrected chi connectivity index (χ0v) is 16.2. The average molecular weight is 371 g/mol. The number of benzene rings is 2. The number of phenolic OH excluding ortho intramolecular Hbond substituents is 1. The van der Waals surface area contributed by atoms with Crippen LogP contribution in [0.1, 0.15) is 19.4 Å². The van der Waals surface area contributed by atoms with Gasteiger partial charge in [-0.1, -0.05) is 18.2 Å². The molecule has 0 saturated heterocycles. The molecule has 1 atom stereocenters. The van der Waals surface area contributed by atoms with Gasteiger partial charge in [0, 0.05) is 19.2 Å². The number of aromatic hydroxyl groups is 1. The second-order valence-electron chi connectivity index (χ2n) is 6.17. The predicted octanol–water partition coefficient (Wildman–Crippen LogP) is 2.97. The van der Waals surface area contributed by atoms with E-state index < -0.39 is 0 Å². The standard InChI is InChI=1S/C21H29N3O3/c1-4-22-21(23-12-11-17-7-5-8-18(25)13-17)24-15-16(2)27-20-10-6-9-19(14-20)26-3/h5-10,13-14,16,25H,4,11-12,15H2,1-3H3,(H2,22,23,24). The molecule has 2 aromatic rings. The number of aliphatic imine (C=N–C) groups is 1. The quantitative estimate of drug-likeness (QED) is 0.467. The van der Waals surface area contributed by atoms with Gasteiger partial charge in [-0.3, -0.25) is 0 Å². The molecular formula is C21H29N3O3. The molecule has 27 heavy (non-hydrogen) atoms. The molecule has 0 aliphatic carbocycles. The van der Waals surface area contributed by atoms with Gasteiger partial charge in [-0.05, 0) is 50.1 Å². The topological polar surface area (TPSA) is 75.1 Å². The van der Waals surface area contributed by atoms with Crippen LogP contribution in [0.4, 0.5) is 0 Å². The largest absolute Gasteiger partial charge is 0.508 e. The number of nitrogens with one attached hydrogen (secondary N) is 2. The van der Waals surface area contributed by atoms with Crippen molar-refractivity contribution < 1.29 is 14.6 Å². The van der Waals surface area contributed by atoms with Crippen molar-refractivity contribution in [3.63, 3.8) is 0 Å². The molecule has 0 aromatic heterocycles. The molecule has 0 fully saturated rings. The molecule has 0 saturated carbocycles. The molecule has 6 nitrogen and oxygen atoms in total. The van der Waals surface area contributed by atoms with Gasteiger partial charge in [-0.2, -0.15) is 0 Å². The van der Waals surface area contributed by atoms with Gasteiger partial charge in [0.15, 0.2) is 5.96 Å². The van der Waals surface area contributed by atoms with Crippen molar-refractivity contribution in [2.75, 3.05) is 26.7 Å². The molecule has 0 heterocycles. The minimum Gasteiger partial charge on any atom is -0.508 e. The SMILES string of the molecule is CCNC(=NCC(C)Oc1cccc(OC)c1)NCCc1cccc(O)c1. The summed E-state index contributed by atoms with van der Waals surface area (Å²) >= 11 is 0. The van der Waals surface area contributed by atoms with Crippen molar-refractivity contribution in [2.24, 2.45) is 4.99 Å². The number of rotatable bonds is 9.